The molecule has 0 amide bonds. The van der Waals surface area contributed by atoms with Crippen LogP contribution >= 0.6 is 11.6 Å². The van der Waals surface area contributed by atoms with Gasteiger partial charge in [0, 0.05) is 0 Å². The molecule has 3 N–H and O–H groups in total. The first-order valence-corrected chi connectivity index (χ1v) is 6.27. The van der Waals surface area contributed by atoms with Crippen LogP contribution < -0.4 is 0 Å². The van der Waals surface area contributed by atoms with E-state index in [1.807, 2.05) is 0 Å². The number of aromatic hydroxyl groups is 1. The smallest absolute Gasteiger partial charge is 0.339 e. The molecular formula is C14H9ClN2O5. The normalized spacial score (nSPS) is 10.8. The van der Waals surface area contributed by atoms with Crippen molar-refractivity contribution in [1.29, 1.82) is 0 Å². The van der Waals surface area contributed by atoms with E-state index in [0.717, 1.165) is 6.07 Å². The summed E-state index contributed by atoms with van der Waals surface area (Å²) in [7, 11) is 0. The van der Waals surface area contributed by atoms with Gasteiger partial charge in [-0.15, -0.1) is 0 Å². The van der Waals surface area contributed by atoms with E-state index in [9.17, 15) is 14.7 Å². The lowest BCUT2D eigenvalue weighted by molar-refractivity contribution is 0.0684. The predicted molar refractivity (Wildman–Crippen MR) is 77.7 cm³/mol. The molecule has 2 rings (SSSR count). The quantitative estimate of drug-likeness (QED) is 0.739. The average molecular weight is 321 g/mol. The van der Waals surface area contributed by atoms with Crippen molar-refractivity contribution in [3.05, 3.63) is 52.5 Å². The predicted octanol–water partition coefficient (Wildman–Crippen LogP) is 3.86. The third-order valence-corrected chi connectivity index (χ3v) is 3.00. The number of carbonyl (C=O) groups is 2. The van der Waals surface area contributed by atoms with E-state index in [-0.39, 0.29) is 33.3 Å². The maximum absolute atomic E-state index is 11.0. The van der Waals surface area contributed by atoms with E-state index < -0.39 is 11.9 Å². The maximum atomic E-state index is 11.0. The van der Waals surface area contributed by atoms with Gasteiger partial charge in [0.25, 0.3) is 0 Å². The van der Waals surface area contributed by atoms with Crippen molar-refractivity contribution in [2.45, 2.75) is 0 Å². The van der Waals surface area contributed by atoms with Gasteiger partial charge in [-0.1, -0.05) is 11.6 Å². The second-order valence-electron chi connectivity index (χ2n) is 4.18. The number of carboxylic acids is 2. The average Bonchev–Trinajstić information content (AvgIpc) is 2.47. The zero-order valence-electron chi connectivity index (χ0n) is 10.9. The Morgan fingerprint density at radius 1 is 0.864 bits per heavy atom. The van der Waals surface area contributed by atoms with Gasteiger partial charge in [0.2, 0.25) is 0 Å². The Bertz CT molecular complexity index is 723. The Morgan fingerprint density at radius 3 is 1.91 bits per heavy atom. The topological polar surface area (TPSA) is 120 Å². The van der Waals surface area contributed by atoms with Crippen molar-refractivity contribution in [3.63, 3.8) is 0 Å². The second-order valence-corrected chi connectivity index (χ2v) is 4.58. The van der Waals surface area contributed by atoms with E-state index >= 15 is 0 Å². The Hall–Kier alpha value is -2.93. The molecule has 0 aliphatic heterocycles. The molecule has 0 bridgehead atoms. The summed E-state index contributed by atoms with van der Waals surface area (Å²) in [6.07, 6.45) is 0. The van der Waals surface area contributed by atoms with Crippen molar-refractivity contribution < 1.29 is 24.9 Å². The lowest BCUT2D eigenvalue weighted by atomic mass is 10.2. The highest BCUT2D eigenvalue weighted by Gasteiger charge is 2.11. The molecule has 0 fully saturated rings. The summed E-state index contributed by atoms with van der Waals surface area (Å²) in [6.45, 7) is 0. The lowest BCUT2D eigenvalue weighted by Gasteiger charge is -2.01. The van der Waals surface area contributed by atoms with Gasteiger partial charge >= 0.3 is 11.9 Å². The van der Waals surface area contributed by atoms with Crippen LogP contribution in [-0.4, -0.2) is 27.3 Å². The van der Waals surface area contributed by atoms with Crippen molar-refractivity contribution >= 4 is 34.9 Å². The second kappa shape index (κ2) is 6.23. The van der Waals surface area contributed by atoms with Crippen molar-refractivity contribution in [2.75, 3.05) is 0 Å². The van der Waals surface area contributed by atoms with Gasteiger partial charge in [-0.05, 0) is 36.4 Å². The number of azo groups is 1. The molecule has 0 aromatic heterocycles. The molecule has 8 heteroatoms. The van der Waals surface area contributed by atoms with Gasteiger partial charge in [-0.25, -0.2) is 9.59 Å². The van der Waals surface area contributed by atoms with Crippen molar-refractivity contribution in [2.24, 2.45) is 10.2 Å². The molecule has 2 aromatic rings. The van der Waals surface area contributed by atoms with Crippen LogP contribution in [0.2, 0.25) is 5.02 Å². The first kappa shape index (κ1) is 15.5. The number of hydrogen-bond donors (Lipinski definition) is 3. The first-order valence-electron chi connectivity index (χ1n) is 5.89. The fraction of sp³-hybridized carbons (Fsp3) is 0. The molecule has 0 saturated heterocycles. The Kier molecular flexibility index (Phi) is 4.38. The molecule has 0 saturated carbocycles. The molecule has 0 heterocycles. The maximum Gasteiger partial charge on any atom is 0.339 e. The van der Waals surface area contributed by atoms with Crippen LogP contribution in [0.1, 0.15) is 20.7 Å². The van der Waals surface area contributed by atoms with E-state index in [2.05, 4.69) is 10.2 Å². The molecule has 0 aliphatic rings. The zero-order chi connectivity index (χ0) is 16.3. The van der Waals surface area contributed by atoms with Crippen LogP contribution in [0.5, 0.6) is 5.75 Å². The number of hydrogen-bond acceptors (Lipinski definition) is 5. The molecule has 0 aliphatic carbocycles. The summed E-state index contributed by atoms with van der Waals surface area (Å²) < 4.78 is 0. The summed E-state index contributed by atoms with van der Waals surface area (Å²) >= 11 is 5.74. The monoisotopic (exact) mass is 320 g/mol. The summed E-state index contributed by atoms with van der Waals surface area (Å²) in [5.41, 5.74) is 0.0163. The van der Waals surface area contributed by atoms with Crippen molar-refractivity contribution in [3.8, 4) is 5.75 Å². The molecule has 0 atom stereocenters. The fourth-order valence-corrected chi connectivity index (χ4v) is 1.81. The fourth-order valence-electron chi connectivity index (χ4n) is 1.61. The largest absolute Gasteiger partial charge is 0.507 e. The van der Waals surface area contributed by atoms with E-state index in [1.165, 1.54) is 30.3 Å². The Labute approximate surface area is 129 Å². The van der Waals surface area contributed by atoms with Crippen LogP contribution in [0.25, 0.3) is 0 Å². The minimum absolute atomic E-state index is 0.0734. The number of benzene rings is 2. The van der Waals surface area contributed by atoms with E-state index in [1.54, 1.807) is 0 Å². The summed E-state index contributed by atoms with van der Waals surface area (Å²) in [6, 6.07) is 7.79. The summed E-state index contributed by atoms with van der Waals surface area (Å²) in [5, 5.41) is 34.9. The molecule has 0 radical (unpaired) electrons. The Morgan fingerprint density at radius 2 is 1.36 bits per heavy atom. The third-order valence-electron chi connectivity index (χ3n) is 2.67. The third kappa shape index (κ3) is 3.39. The highest BCUT2D eigenvalue weighted by atomic mass is 35.5. The van der Waals surface area contributed by atoms with Gasteiger partial charge in [0.05, 0.1) is 22.0 Å². The first-order chi connectivity index (χ1) is 10.4. The molecule has 0 spiro atoms. The van der Waals surface area contributed by atoms with E-state index in [0.29, 0.717) is 0 Å². The SMILES string of the molecule is O=C(O)c1cc(N=Nc2ccc(Cl)c(C(=O)O)c2)ccc1O. The van der Waals surface area contributed by atoms with E-state index in [4.69, 9.17) is 21.8 Å². The number of rotatable bonds is 4. The number of halogens is 1. The van der Waals surface area contributed by atoms with Crippen LogP contribution in [0, 0.1) is 0 Å². The minimum Gasteiger partial charge on any atom is -0.507 e. The molecular weight excluding hydrogens is 312 g/mol. The standard InChI is InChI=1S/C14H9ClN2O5/c15-11-3-1-7(5-9(11)13(19)20)16-17-8-2-4-12(18)10(6-8)14(21)22/h1-6,18H,(H,19,20)(H,21,22). The van der Waals surface area contributed by atoms with Gasteiger partial charge in [0.15, 0.2) is 0 Å². The highest BCUT2D eigenvalue weighted by Crippen LogP contribution is 2.27. The molecule has 112 valence electrons. The van der Waals surface area contributed by atoms with Crippen molar-refractivity contribution in [1.82, 2.24) is 0 Å². The minimum atomic E-state index is -1.30. The zero-order valence-corrected chi connectivity index (χ0v) is 11.7. The van der Waals surface area contributed by atoms with Gasteiger partial charge in [0.1, 0.15) is 11.3 Å². The molecule has 0 unspecified atom stereocenters. The van der Waals surface area contributed by atoms with Crippen LogP contribution in [0.3, 0.4) is 0 Å². The molecule has 22 heavy (non-hydrogen) atoms. The van der Waals surface area contributed by atoms with Gasteiger partial charge < -0.3 is 15.3 Å². The summed E-state index contributed by atoms with van der Waals surface area (Å²) in [4.78, 5) is 21.8. The van der Waals surface area contributed by atoms with Gasteiger partial charge in [-0.2, -0.15) is 10.2 Å². The van der Waals surface area contributed by atoms with Crippen LogP contribution in [-0.2, 0) is 0 Å². The lowest BCUT2D eigenvalue weighted by Crippen LogP contribution is -1.96. The molecule has 2 aromatic carbocycles. The number of carboxylic acid groups (broad SMARTS) is 2. The Balaban J connectivity index is 2.33. The molecule has 7 nitrogen and oxygen atoms in total. The van der Waals surface area contributed by atoms with Crippen LogP contribution in [0.15, 0.2) is 46.6 Å². The number of phenols is 1. The highest BCUT2D eigenvalue weighted by molar-refractivity contribution is 6.33. The van der Waals surface area contributed by atoms with Crippen LogP contribution in [0.4, 0.5) is 11.4 Å². The number of aromatic carboxylic acids is 2. The van der Waals surface area contributed by atoms with Gasteiger partial charge in [-0.3, -0.25) is 0 Å². The number of nitrogens with zero attached hydrogens (tertiary/aromatic N) is 2. The summed E-state index contributed by atoms with van der Waals surface area (Å²) in [5.74, 6) is -2.87.